The first kappa shape index (κ1) is 19.3. The van der Waals surface area contributed by atoms with Crippen molar-refractivity contribution >= 4 is 55.2 Å². The first-order valence-corrected chi connectivity index (χ1v) is 11.6. The molecule has 1 aliphatic heterocycles. The molecule has 3 rings (SSSR count). The minimum atomic E-state index is -3.54. The van der Waals surface area contributed by atoms with Crippen molar-refractivity contribution in [3.63, 3.8) is 0 Å². The van der Waals surface area contributed by atoms with Gasteiger partial charge in [0, 0.05) is 20.2 Å². The fourth-order valence-electron chi connectivity index (χ4n) is 2.85. The second-order valence-electron chi connectivity index (χ2n) is 6.16. The van der Waals surface area contributed by atoms with Crippen molar-refractivity contribution in [2.75, 3.05) is 6.54 Å². The molecule has 0 bridgehead atoms. The van der Waals surface area contributed by atoms with E-state index in [9.17, 15) is 8.42 Å². The van der Waals surface area contributed by atoms with Crippen molar-refractivity contribution in [3.8, 4) is 0 Å². The molecule has 6 heteroatoms. The van der Waals surface area contributed by atoms with Crippen molar-refractivity contribution in [2.24, 2.45) is 0 Å². The van der Waals surface area contributed by atoms with Gasteiger partial charge in [-0.15, -0.1) is 0 Å². The highest BCUT2D eigenvalue weighted by Crippen LogP contribution is 2.31. The Labute approximate surface area is 176 Å². The molecule has 0 aliphatic carbocycles. The van der Waals surface area contributed by atoms with E-state index >= 15 is 0 Å². The lowest BCUT2D eigenvalue weighted by molar-refractivity contribution is 0.437. The third kappa shape index (κ3) is 4.45. The van der Waals surface area contributed by atoms with Crippen LogP contribution in [0.3, 0.4) is 0 Å². The number of aryl methyl sites for hydroxylation is 2. The molecule has 0 atom stereocenters. The zero-order valence-corrected chi connectivity index (χ0v) is 19.0. The Bertz CT molecular complexity index is 905. The summed E-state index contributed by atoms with van der Waals surface area (Å²) >= 11 is 4.64. The minimum absolute atomic E-state index is 0.356. The van der Waals surface area contributed by atoms with E-state index in [1.807, 2.05) is 37.3 Å². The zero-order chi connectivity index (χ0) is 18.0. The Kier molecular flexibility index (Phi) is 6.23. The van der Waals surface area contributed by atoms with Crippen LogP contribution in [-0.4, -0.2) is 19.3 Å². The third-order valence-electron chi connectivity index (χ3n) is 4.35. The van der Waals surface area contributed by atoms with Gasteiger partial charge in [-0.25, -0.2) is 8.42 Å². The summed E-state index contributed by atoms with van der Waals surface area (Å²) in [6.45, 7) is 2.78. The van der Waals surface area contributed by atoms with E-state index in [1.165, 1.54) is 9.14 Å². The molecule has 0 saturated carbocycles. The highest BCUT2D eigenvalue weighted by molar-refractivity contribution is 14.1. The van der Waals surface area contributed by atoms with Crippen molar-refractivity contribution in [3.05, 3.63) is 72.4 Å². The molecule has 0 fully saturated rings. The van der Waals surface area contributed by atoms with Gasteiger partial charge in [-0.1, -0.05) is 42.0 Å². The van der Waals surface area contributed by atoms with Crippen LogP contribution in [0.25, 0.3) is 0 Å². The van der Waals surface area contributed by atoms with Crippen LogP contribution in [0.2, 0.25) is 0 Å². The van der Waals surface area contributed by atoms with Gasteiger partial charge in [-0.05, 0) is 88.2 Å². The van der Waals surface area contributed by atoms with Crippen LogP contribution in [0.15, 0.2) is 60.6 Å². The largest absolute Gasteiger partial charge is 0.243 e. The highest BCUT2D eigenvalue weighted by Gasteiger charge is 2.27. The fraction of sp³-hybridized carbons (Fsp3) is 0.263. The predicted molar refractivity (Wildman–Crippen MR) is 119 cm³/mol. The van der Waals surface area contributed by atoms with Gasteiger partial charge in [0.1, 0.15) is 0 Å². The molecule has 0 radical (unpaired) electrons. The van der Waals surface area contributed by atoms with Crippen LogP contribution in [-0.2, 0) is 23.0 Å². The zero-order valence-electron chi connectivity index (χ0n) is 13.9. The van der Waals surface area contributed by atoms with Gasteiger partial charge in [-0.2, -0.15) is 4.31 Å². The van der Waals surface area contributed by atoms with E-state index < -0.39 is 10.0 Å². The fourth-order valence-corrected chi connectivity index (χ4v) is 5.59. The monoisotopic (exact) mass is 579 g/mol. The van der Waals surface area contributed by atoms with E-state index in [-0.39, 0.29) is 0 Å². The maximum atomic E-state index is 13.2. The molecule has 1 aliphatic rings. The maximum absolute atomic E-state index is 13.2. The van der Waals surface area contributed by atoms with Crippen molar-refractivity contribution in [1.82, 2.24) is 4.31 Å². The molecule has 0 N–H and O–H groups in total. The number of sulfonamides is 1. The normalized spacial score (nSPS) is 19.6. The van der Waals surface area contributed by atoms with Crippen LogP contribution in [0.4, 0.5) is 0 Å². The van der Waals surface area contributed by atoms with Crippen LogP contribution >= 0.6 is 45.2 Å². The lowest BCUT2D eigenvalue weighted by Gasteiger charge is -2.23. The van der Waals surface area contributed by atoms with Gasteiger partial charge in [0.25, 0.3) is 0 Å². The molecule has 2 aromatic rings. The van der Waals surface area contributed by atoms with E-state index in [0.717, 1.165) is 27.5 Å². The van der Waals surface area contributed by atoms with E-state index in [0.29, 0.717) is 18.0 Å². The summed E-state index contributed by atoms with van der Waals surface area (Å²) in [7, 11) is -3.54. The summed E-state index contributed by atoms with van der Waals surface area (Å²) in [6.07, 6.45) is 1.90. The summed E-state index contributed by atoms with van der Waals surface area (Å²) in [5.41, 5.74) is 3.37. The molecule has 132 valence electrons. The Morgan fingerprint density at radius 1 is 0.840 bits per heavy atom. The first-order chi connectivity index (χ1) is 11.9. The topological polar surface area (TPSA) is 37.4 Å². The Morgan fingerprint density at radius 2 is 1.48 bits per heavy atom. The summed E-state index contributed by atoms with van der Waals surface area (Å²) < 4.78 is 30.4. The Hall–Kier alpha value is -0.450. The number of allylic oxidation sites excluding steroid dienone is 1. The average Bonchev–Trinajstić information content (AvgIpc) is 2.65. The van der Waals surface area contributed by atoms with Gasteiger partial charge in [0.2, 0.25) is 10.0 Å². The first-order valence-electron chi connectivity index (χ1n) is 8.04. The second kappa shape index (κ2) is 8.06. The molecule has 0 unspecified atom stereocenters. The van der Waals surface area contributed by atoms with Crippen LogP contribution in [0.1, 0.15) is 23.1 Å². The van der Waals surface area contributed by atoms with Crippen LogP contribution < -0.4 is 0 Å². The average molecular weight is 579 g/mol. The van der Waals surface area contributed by atoms with E-state index in [2.05, 4.69) is 51.2 Å². The molecule has 0 aromatic heterocycles. The van der Waals surface area contributed by atoms with Crippen molar-refractivity contribution in [1.29, 1.82) is 0 Å². The third-order valence-corrected chi connectivity index (χ3v) is 9.37. The molecule has 0 amide bonds. The Morgan fingerprint density at radius 3 is 2.16 bits per heavy atom. The Balaban J connectivity index is 2.06. The standard InChI is InChI=1S/C19H19I2NO2S/c1-14-6-9-17(10-7-14)25(23,24)22-12-16-5-3-2-4-15(16)8-11-18(20)19(21)13-22/h2-7,9-10H,8,11-13H2,1H3/b19-18+. The second-order valence-corrected chi connectivity index (χ2v) is 10.7. The smallest absolute Gasteiger partial charge is 0.207 e. The number of benzene rings is 2. The van der Waals surface area contributed by atoms with Gasteiger partial charge in [0.15, 0.2) is 0 Å². The van der Waals surface area contributed by atoms with Crippen molar-refractivity contribution in [2.45, 2.75) is 31.2 Å². The molecule has 3 nitrogen and oxygen atoms in total. The number of nitrogens with zero attached hydrogens (tertiary/aromatic N) is 1. The van der Waals surface area contributed by atoms with Gasteiger partial charge in [0.05, 0.1) is 4.90 Å². The molecular weight excluding hydrogens is 560 g/mol. The predicted octanol–water partition coefficient (Wildman–Crippen LogP) is 5.21. The molecule has 2 aromatic carbocycles. The number of fused-ring (bicyclic) bond motifs is 1. The molecular formula is C19H19I2NO2S. The van der Waals surface area contributed by atoms with Crippen molar-refractivity contribution < 1.29 is 8.42 Å². The van der Waals surface area contributed by atoms with Gasteiger partial charge in [-0.3, -0.25) is 0 Å². The lowest BCUT2D eigenvalue weighted by Crippen LogP contribution is -2.32. The van der Waals surface area contributed by atoms with Crippen LogP contribution in [0, 0.1) is 6.92 Å². The quantitative estimate of drug-likeness (QED) is 0.459. The summed E-state index contributed by atoms with van der Waals surface area (Å²) in [6, 6.07) is 15.2. The summed E-state index contributed by atoms with van der Waals surface area (Å²) in [5.74, 6) is 0. The highest BCUT2D eigenvalue weighted by atomic mass is 127. The summed E-state index contributed by atoms with van der Waals surface area (Å²) in [4.78, 5) is 0.356. The van der Waals surface area contributed by atoms with E-state index in [4.69, 9.17) is 0 Å². The molecule has 0 spiro atoms. The molecule has 1 heterocycles. The number of hydrogen-bond donors (Lipinski definition) is 0. The van der Waals surface area contributed by atoms with Crippen LogP contribution in [0.5, 0.6) is 0 Å². The minimum Gasteiger partial charge on any atom is -0.207 e. The molecule has 25 heavy (non-hydrogen) atoms. The SMILES string of the molecule is Cc1ccc(S(=O)(=O)N2C/C(I)=C(\I)CCc3ccccc3C2)cc1. The van der Waals surface area contributed by atoms with Gasteiger partial charge >= 0.3 is 0 Å². The van der Waals surface area contributed by atoms with Gasteiger partial charge < -0.3 is 0 Å². The number of halogens is 2. The van der Waals surface area contributed by atoms with E-state index in [1.54, 1.807) is 16.4 Å². The number of hydrogen-bond acceptors (Lipinski definition) is 2. The number of rotatable bonds is 2. The molecule has 0 saturated heterocycles. The maximum Gasteiger partial charge on any atom is 0.243 e. The lowest BCUT2D eigenvalue weighted by atomic mass is 10.0. The summed E-state index contributed by atoms with van der Waals surface area (Å²) in [5, 5.41) is 0.